The second kappa shape index (κ2) is 12.5. The van der Waals surface area contributed by atoms with E-state index in [1.807, 2.05) is 23.1 Å². The molecule has 1 unspecified atom stereocenters. The Morgan fingerprint density at radius 1 is 1.03 bits per heavy atom. The summed E-state index contributed by atoms with van der Waals surface area (Å²) in [4.78, 5) is 32.4. The van der Waals surface area contributed by atoms with Crippen LogP contribution in [0.3, 0.4) is 0 Å². The number of hydrogen-bond donors (Lipinski definition) is 1. The van der Waals surface area contributed by atoms with Crippen molar-refractivity contribution >= 4 is 17.5 Å². The van der Waals surface area contributed by atoms with Crippen molar-refractivity contribution in [1.82, 2.24) is 15.1 Å². The summed E-state index contributed by atoms with van der Waals surface area (Å²) in [6.45, 7) is 13.7. The van der Waals surface area contributed by atoms with Gasteiger partial charge in [0.15, 0.2) is 0 Å². The van der Waals surface area contributed by atoms with Crippen LogP contribution < -0.4 is 10.2 Å². The molecule has 6 nitrogen and oxygen atoms in total. The molecule has 1 aromatic carbocycles. The van der Waals surface area contributed by atoms with Crippen molar-refractivity contribution in [1.29, 1.82) is 0 Å². The molecule has 33 heavy (non-hydrogen) atoms. The van der Waals surface area contributed by atoms with E-state index in [0.29, 0.717) is 24.2 Å². The van der Waals surface area contributed by atoms with Crippen LogP contribution in [0.4, 0.5) is 5.69 Å². The minimum atomic E-state index is -0.0164. The highest BCUT2D eigenvalue weighted by atomic mass is 16.2. The molecule has 0 spiro atoms. The predicted octanol–water partition coefficient (Wildman–Crippen LogP) is 4.43. The summed E-state index contributed by atoms with van der Waals surface area (Å²) in [5.74, 6) is 0.0554. The van der Waals surface area contributed by atoms with Crippen LogP contribution >= 0.6 is 0 Å². The number of carbonyl (C=O) groups is 2. The smallest absolute Gasteiger partial charge is 0.251 e. The lowest BCUT2D eigenvalue weighted by molar-refractivity contribution is -0.116. The van der Waals surface area contributed by atoms with Crippen LogP contribution in [-0.2, 0) is 11.3 Å². The second-order valence-electron chi connectivity index (χ2n) is 9.98. The molecular formula is C27H44N4O2. The maximum Gasteiger partial charge on any atom is 0.251 e. The first kappa shape index (κ1) is 25.7. The number of likely N-dealkylation sites (tertiary alicyclic amines) is 1. The van der Waals surface area contributed by atoms with Crippen molar-refractivity contribution in [3.05, 3.63) is 29.3 Å². The fourth-order valence-corrected chi connectivity index (χ4v) is 5.27. The molecule has 0 radical (unpaired) electrons. The third-order valence-corrected chi connectivity index (χ3v) is 7.35. The van der Waals surface area contributed by atoms with Gasteiger partial charge < -0.3 is 10.2 Å². The van der Waals surface area contributed by atoms with Crippen molar-refractivity contribution in [3.8, 4) is 0 Å². The molecule has 2 heterocycles. The van der Waals surface area contributed by atoms with Crippen LogP contribution in [0.5, 0.6) is 0 Å². The number of nitrogens with zero attached hydrogens (tertiary/aromatic N) is 3. The van der Waals surface area contributed by atoms with Crippen molar-refractivity contribution in [3.63, 3.8) is 0 Å². The van der Waals surface area contributed by atoms with Crippen molar-refractivity contribution in [2.45, 2.75) is 91.3 Å². The van der Waals surface area contributed by atoms with Gasteiger partial charge in [-0.15, -0.1) is 0 Å². The number of amides is 2. The Balaban J connectivity index is 1.84. The average Bonchev–Trinajstić information content (AvgIpc) is 3.24. The zero-order valence-electron chi connectivity index (χ0n) is 21.2. The highest BCUT2D eigenvalue weighted by Crippen LogP contribution is 2.27. The third-order valence-electron chi connectivity index (χ3n) is 7.35. The Morgan fingerprint density at radius 2 is 1.76 bits per heavy atom. The Bertz CT molecular complexity index is 794. The summed E-state index contributed by atoms with van der Waals surface area (Å²) in [7, 11) is 0. The minimum Gasteiger partial charge on any atom is -0.350 e. The van der Waals surface area contributed by atoms with E-state index in [9.17, 15) is 9.59 Å². The lowest BCUT2D eigenvalue weighted by Crippen LogP contribution is -2.40. The molecule has 6 heteroatoms. The van der Waals surface area contributed by atoms with E-state index in [-0.39, 0.29) is 11.8 Å². The van der Waals surface area contributed by atoms with E-state index in [1.54, 1.807) is 6.92 Å². The first-order valence-corrected chi connectivity index (χ1v) is 13.1. The molecule has 1 N–H and O–H groups in total. The topological polar surface area (TPSA) is 55.9 Å². The fraction of sp³-hybridized carbons (Fsp3) is 0.704. The number of likely N-dealkylation sites (N-methyl/N-ethyl adjacent to an activating group) is 1. The molecule has 0 bridgehead atoms. The largest absolute Gasteiger partial charge is 0.350 e. The van der Waals surface area contributed by atoms with Crippen LogP contribution in [0, 0.1) is 0 Å². The number of anilines is 1. The third kappa shape index (κ3) is 7.03. The second-order valence-corrected chi connectivity index (χ2v) is 9.98. The fourth-order valence-electron chi connectivity index (χ4n) is 5.27. The molecule has 3 rings (SSSR count). The summed E-state index contributed by atoms with van der Waals surface area (Å²) < 4.78 is 0. The van der Waals surface area contributed by atoms with Crippen molar-refractivity contribution < 1.29 is 9.59 Å². The number of nitrogens with one attached hydrogen (secondary N) is 1. The van der Waals surface area contributed by atoms with E-state index in [4.69, 9.17) is 0 Å². The summed E-state index contributed by atoms with van der Waals surface area (Å²) >= 11 is 0. The molecule has 2 aliphatic heterocycles. The van der Waals surface area contributed by atoms with E-state index in [2.05, 4.69) is 35.9 Å². The normalized spacial score (nSPS) is 21.4. The summed E-state index contributed by atoms with van der Waals surface area (Å²) in [5.41, 5.74) is 2.72. The summed E-state index contributed by atoms with van der Waals surface area (Å²) in [6, 6.07) is 6.75. The Hall–Kier alpha value is -1.92. The number of fused-ring (bicyclic) bond motifs is 1. The Morgan fingerprint density at radius 3 is 2.45 bits per heavy atom. The highest BCUT2D eigenvalue weighted by molar-refractivity contribution is 5.97. The maximum absolute atomic E-state index is 13.1. The molecule has 1 fully saturated rings. The van der Waals surface area contributed by atoms with Gasteiger partial charge in [-0.2, -0.15) is 0 Å². The molecule has 1 aromatic rings. The van der Waals surface area contributed by atoms with Gasteiger partial charge in [-0.3, -0.25) is 19.4 Å². The van der Waals surface area contributed by atoms with Gasteiger partial charge >= 0.3 is 0 Å². The molecule has 1 saturated heterocycles. The summed E-state index contributed by atoms with van der Waals surface area (Å²) in [5, 5.41) is 3.17. The molecule has 184 valence electrons. The van der Waals surface area contributed by atoms with Gasteiger partial charge in [-0.1, -0.05) is 26.2 Å². The van der Waals surface area contributed by atoms with Gasteiger partial charge in [0.25, 0.3) is 5.91 Å². The lowest BCUT2D eigenvalue weighted by atomic mass is 10.0. The number of benzene rings is 1. The molecular weight excluding hydrogens is 412 g/mol. The maximum atomic E-state index is 13.1. The van der Waals surface area contributed by atoms with E-state index in [1.165, 1.54) is 25.7 Å². The standard InChI is InChI=1S/C27H44N4O2/c1-5-29-16-11-12-25(29)19-28-27(33)23-13-14-26-24(18-23)20-30(21(2)3)15-9-7-6-8-10-17-31(26)22(4)32/h13-14,18,21,25H,5-12,15-17,19-20H2,1-4H3,(H,28,33). The SMILES string of the molecule is CCN1CCCC1CNC(=O)c1ccc2c(c1)CN(C(C)C)CCCCCCCN2C(C)=O. The first-order valence-electron chi connectivity index (χ1n) is 13.1. The monoisotopic (exact) mass is 456 g/mol. The van der Waals surface area contributed by atoms with E-state index in [0.717, 1.165) is 63.2 Å². The van der Waals surface area contributed by atoms with Crippen LogP contribution in [-0.4, -0.2) is 66.4 Å². The number of rotatable bonds is 5. The molecule has 0 aromatic heterocycles. The van der Waals surface area contributed by atoms with Gasteiger partial charge in [-0.05, 0) is 82.9 Å². The molecule has 0 saturated carbocycles. The average molecular weight is 457 g/mol. The molecule has 0 aliphatic carbocycles. The van der Waals surface area contributed by atoms with Crippen LogP contribution in [0.15, 0.2) is 18.2 Å². The first-order chi connectivity index (χ1) is 15.9. The number of hydrogen-bond acceptors (Lipinski definition) is 4. The van der Waals surface area contributed by atoms with Gasteiger partial charge in [0, 0.05) is 49.9 Å². The summed E-state index contributed by atoms with van der Waals surface area (Å²) in [6.07, 6.45) is 8.17. The van der Waals surface area contributed by atoms with Crippen molar-refractivity contribution in [2.75, 3.05) is 37.6 Å². The van der Waals surface area contributed by atoms with E-state index >= 15 is 0 Å². The van der Waals surface area contributed by atoms with Gasteiger partial charge in [0.1, 0.15) is 0 Å². The van der Waals surface area contributed by atoms with Gasteiger partial charge in [0.2, 0.25) is 5.91 Å². The molecule has 2 amide bonds. The van der Waals surface area contributed by atoms with Gasteiger partial charge in [-0.25, -0.2) is 0 Å². The lowest BCUT2D eigenvalue weighted by Gasteiger charge is -2.31. The van der Waals surface area contributed by atoms with E-state index < -0.39 is 0 Å². The van der Waals surface area contributed by atoms with Crippen molar-refractivity contribution in [2.24, 2.45) is 0 Å². The minimum absolute atomic E-state index is 0.0164. The molecule has 2 aliphatic rings. The quantitative estimate of drug-likeness (QED) is 0.712. The van der Waals surface area contributed by atoms with Gasteiger partial charge in [0.05, 0.1) is 0 Å². The molecule has 1 atom stereocenters. The number of carbonyl (C=O) groups excluding carboxylic acids is 2. The predicted molar refractivity (Wildman–Crippen MR) is 136 cm³/mol. The Kier molecular flexibility index (Phi) is 9.75. The zero-order valence-corrected chi connectivity index (χ0v) is 21.2. The van der Waals surface area contributed by atoms with Crippen LogP contribution in [0.25, 0.3) is 0 Å². The zero-order chi connectivity index (χ0) is 23.8. The van der Waals surface area contributed by atoms with Crippen LogP contribution in [0.1, 0.15) is 88.6 Å². The van der Waals surface area contributed by atoms with Crippen LogP contribution in [0.2, 0.25) is 0 Å². The Labute approximate surface area is 200 Å². The highest BCUT2D eigenvalue weighted by Gasteiger charge is 2.24.